The molecule has 1 atom stereocenters. The van der Waals surface area contributed by atoms with Crippen LogP contribution in [0, 0.1) is 5.92 Å². The molecule has 82 valence electrons. The summed E-state index contributed by atoms with van der Waals surface area (Å²) in [7, 11) is 0. The molecule has 3 N–H and O–H groups in total. The van der Waals surface area contributed by atoms with Crippen LogP contribution >= 0.6 is 0 Å². The Labute approximate surface area is 91.1 Å². The van der Waals surface area contributed by atoms with E-state index in [4.69, 9.17) is 5.73 Å². The van der Waals surface area contributed by atoms with Crippen molar-refractivity contribution < 1.29 is 5.11 Å². The highest BCUT2D eigenvalue weighted by atomic mass is 16.3. The van der Waals surface area contributed by atoms with Gasteiger partial charge in [0, 0.05) is 11.3 Å². The van der Waals surface area contributed by atoms with Gasteiger partial charge in [-0.1, -0.05) is 31.0 Å². The van der Waals surface area contributed by atoms with Gasteiger partial charge in [0.15, 0.2) is 0 Å². The molecule has 0 spiro atoms. The Morgan fingerprint density at radius 2 is 1.87 bits per heavy atom. The summed E-state index contributed by atoms with van der Waals surface area (Å²) in [5.41, 5.74) is 6.74. The van der Waals surface area contributed by atoms with E-state index in [1.165, 1.54) is 12.8 Å². The number of rotatable bonds is 2. The van der Waals surface area contributed by atoms with Crippen molar-refractivity contribution in [3.8, 4) is 0 Å². The Bertz CT molecular complexity index is 340. The minimum atomic E-state index is -0.762. The minimum Gasteiger partial charge on any atom is -0.398 e. The standard InChI is InChI=1S/C13H19NO/c1-13(15,10-6-2-3-7-10)11-8-4-5-9-12(11)14/h4-5,8-10,15H,2-3,6-7,14H2,1H3. The highest BCUT2D eigenvalue weighted by Crippen LogP contribution is 2.41. The van der Waals surface area contributed by atoms with Crippen molar-refractivity contribution in [2.24, 2.45) is 5.92 Å². The van der Waals surface area contributed by atoms with E-state index in [1.807, 2.05) is 31.2 Å². The minimum absolute atomic E-state index is 0.363. The average Bonchev–Trinajstić information content (AvgIpc) is 2.71. The van der Waals surface area contributed by atoms with Crippen molar-refractivity contribution in [2.75, 3.05) is 5.73 Å². The van der Waals surface area contributed by atoms with E-state index in [0.29, 0.717) is 11.6 Å². The SMILES string of the molecule is CC(O)(c1ccccc1N)C1CCCC1. The van der Waals surface area contributed by atoms with E-state index in [1.54, 1.807) is 0 Å². The number of nitrogens with two attached hydrogens (primary N) is 1. The van der Waals surface area contributed by atoms with E-state index >= 15 is 0 Å². The molecule has 0 aromatic heterocycles. The molecule has 0 heterocycles. The van der Waals surface area contributed by atoms with Gasteiger partial charge >= 0.3 is 0 Å². The second kappa shape index (κ2) is 3.86. The van der Waals surface area contributed by atoms with Gasteiger partial charge in [-0.05, 0) is 31.7 Å². The Hall–Kier alpha value is -1.02. The zero-order valence-corrected chi connectivity index (χ0v) is 9.24. The molecule has 0 saturated heterocycles. The highest BCUT2D eigenvalue weighted by molar-refractivity contribution is 5.49. The third kappa shape index (κ3) is 1.86. The molecule has 1 aliphatic carbocycles. The van der Waals surface area contributed by atoms with E-state index in [-0.39, 0.29) is 0 Å². The first-order chi connectivity index (χ1) is 7.12. The van der Waals surface area contributed by atoms with Crippen molar-refractivity contribution in [2.45, 2.75) is 38.2 Å². The number of anilines is 1. The first-order valence-corrected chi connectivity index (χ1v) is 5.69. The number of para-hydroxylation sites is 1. The van der Waals surface area contributed by atoms with Gasteiger partial charge in [-0.3, -0.25) is 0 Å². The lowest BCUT2D eigenvalue weighted by Crippen LogP contribution is -2.30. The topological polar surface area (TPSA) is 46.2 Å². The van der Waals surface area contributed by atoms with Crippen LogP contribution in [0.3, 0.4) is 0 Å². The second-order valence-corrected chi connectivity index (χ2v) is 4.72. The monoisotopic (exact) mass is 205 g/mol. The fourth-order valence-corrected chi connectivity index (χ4v) is 2.67. The van der Waals surface area contributed by atoms with Crippen molar-refractivity contribution in [3.63, 3.8) is 0 Å². The van der Waals surface area contributed by atoms with Crippen LogP contribution in [0.15, 0.2) is 24.3 Å². The maximum absolute atomic E-state index is 10.6. The number of hydrogen-bond acceptors (Lipinski definition) is 2. The molecule has 1 aromatic carbocycles. The molecule has 2 nitrogen and oxygen atoms in total. The van der Waals surface area contributed by atoms with Crippen LogP contribution in [0.2, 0.25) is 0 Å². The van der Waals surface area contributed by atoms with Crippen LogP contribution in [0.25, 0.3) is 0 Å². The molecular weight excluding hydrogens is 186 g/mol. The number of aliphatic hydroxyl groups is 1. The predicted molar refractivity (Wildman–Crippen MR) is 62.4 cm³/mol. The predicted octanol–water partition coefficient (Wildman–Crippen LogP) is 2.67. The largest absolute Gasteiger partial charge is 0.398 e. The third-order valence-corrected chi connectivity index (χ3v) is 3.66. The van der Waals surface area contributed by atoms with Gasteiger partial charge in [-0.15, -0.1) is 0 Å². The molecular formula is C13H19NO. The van der Waals surface area contributed by atoms with Crippen LogP contribution in [0.4, 0.5) is 5.69 Å². The van der Waals surface area contributed by atoms with Crippen molar-refractivity contribution in [3.05, 3.63) is 29.8 Å². The molecule has 1 unspecified atom stereocenters. The molecule has 0 bridgehead atoms. The molecule has 2 rings (SSSR count). The molecule has 0 radical (unpaired) electrons. The quantitative estimate of drug-likeness (QED) is 0.729. The van der Waals surface area contributed by atoms with Gasteiger partial charge in [-0.25, -0.2) is 0 Å². The normalized spacial score (nSPS) is 21.5. The smallest absolute Gasteiger partial charge is 0.0916 e. The first-order valence-electron chi connectivity index (χ1n) is 5.69. The van der Waals surface area contributed by atoms with Gasteiger partial charge in [-0.2, -0.15) is 0 Å². The Balaban J connectivity index is 2.31. The fraction of sp³-hybridized carbons (Fsp3) is 0.538. The molecule has 1 aromatic rings. The van der Waals surface area contributed by atoms with Crippen LogP contribution in [-0.2, 0) is 5.60 Å². The Kier molecular flexibility index (Phi) is 2.70. The van der Waals surface area contributed by atoms with Crippen molar-refractivity contribution >= 4 is 5.69 Å². The van der Waals surface area contributed by atoms with Crippen LogP contribution in [0.5, 0.6) is 0 Å². The summed E-state index contributed by atoms with van der Waals surface area (Å²) < 4.78 is 0. The first kappa shape index (κ1) is 10.5. The molecule has 2 heteroatoms. The number of benzene rings is 1. The molecule has 1 fully saturated rings. The average molecular weight is 205 g/mol. The van der Waals surface area contributed by atoms with E-state index in [9.17, 15) is 5.11 Å². The lowest BCUT2D eigenvalue weighted by Gasteiger charge is -2.31. The van der Waals surface area contributed by atoms with Crippen molar-refractivity contribution in [1.29, 1.82) is 0 Å². The highest BCUT2D eigenvalue weighted by Gasteiger charge is 2.36. The summed E-state index contributed by atoms with van der Waals surface area (Å²) >= 11 is 0. The maximum atomic E-state index is 10.6. The molecule has 15 heavy (non-hydrogen) atoms. The summed E-state index contributed by atoms with van der Waals surface area (Å²) in [4.78, 5) is 0. The third-order valence-electron chi connectivity index (χ3n) is 3.66. The zero-order valence-electron chi connectivity index (χ0n) is 9.24. The summed E-state index contributed by atoms with van der Waals surface area (Å²) in [5.74, 6) is 0.363. The van der Waals surface area contributed by atoms with Crippen molar-refractivity contribution in [1.82, 2.24) is 0 Å². The Morgan fingerprint density at radius 3 is 2.47 bits per heavy atom. The molecule has 1 saturated carbocycles. The van der Waals surface area contributed by atoms with Gasteiger partial charge in [0.1, 0.15) is 0 Å². The lowest BCUT2D eigenvalue weighted by atomic mass is 9.81. The number of hydrogen-bond donors (Lipinski definition) is 2. The summed E-state index contributed by atoms with van der Waals surface area (Å²) in [6.07, 6.45) is 4.68. The van der Waals surface area contributed by atoms with E-state index in [2.05, 4.69) is 0 Å². The maximum Gasteiger partial charge on any atom is 0.0916 e. The van der Waals surface area contributed by atoms with Gasteiger partial charge in [0.05, 0.1) is 5.60 Å². The molecule has 0 aliphatic heterocycles. The van der Waals surface area contributed by atoms with Gasteiger partial charge < -0.3 is 10.8 Å². The molecule has 1 aliphatic rings. The summed E-state index contributed by atoms with van der Waals surface area (Å²) in [5, 5.41) is 10.6. The van der Waals surface area contributed by atoms with E-state index < -0.39 is 5.60 Å². The summed E-state index contributed by atoms with van der Waals surface area (Å²) in [6.45, 7) is 1.90. The molecule has 0 amide bonds. The van der Waals surface area contributed by atoms with Crippen LogP contribution in [-0.4, -0.2) is 5.11 Å². The second-order valence-electron chi connectivity index (χ2n) is 4.72. The number of nitrogen functional groups attached to an aromatic ring is 1. The fourth-order valence-electron chi connectivity index (χ4n) is 2.67. The zero-order chi connectivity index (χ0) is 10.9. The van der Waals surface area contributed by atoms with Gasteiger partial charge in [0.2, 0.25) is 0 Å². The van der Waals surface area contributed by atoms with Crippen LogP contribution in [0.1, 0.15) is 38.2 Å². The summed E-state index contributed by atoms with van der Waals surface area (Å²) in [6, 6.07) is 7.64. The lowest BCUT2D eigenvalue weighted by molar-refractivity contribution is -0.00261. The van der Waals surface area contributed by atoms with Crippen LogP contribution < -0.4 is 5.73 Å². The van der Waals surface area contributed by atoms with Gasteiger partial charge in [0.25, 0.3) is 0 Å². The van der Waals surface area contributed by atoms with E-state index in [0.717, 1.165) is 18.4 Å². The Morgan fingerprint density at radius 1 is 1.27 bits per heavy atom.